The van der Waals surface area contributed by atoms with Gasteiger partial charge in [0.05, 0.1) is 17.1 Å². The summed E-state index contributed by atoms with van der Waals surface area (Å²) in [6.45, 7) is -2.05. The Morgan fingerprint density at radius 3 is 2.88 bits per heavy atom. The first-order chi connectivity index (χ1) is 16.6. The number of hydrogen-bond donors (Lipinski definition) is 3. The summed E-state index contributed by atoms with van der Waals surface area (Å²) in [7, 11) is 3.82. The van der Waals surface area contributed by atoms with E-state index in [2.05, 4.69) is 30.6 Å². The lowest BCUT2D eigenvalue weighted by Crippen LogP contribution is -2.24. The summed E-state index contributed by atoms with van der Waals surface area (Å²) in [4.78, 5) is 35.4. The predicted octanol–water partition coefficient (Wildman–Crippen LogP) is 2.28. The van der Waals surface area contributed by atoms with Crippen LogP contribution in [-0.2, 0) is 18.4 Å². The van der Waals surface area contributed by atoms with Gasteiger partial charge in [0, 0.05) is 61.2 Å². The molecule has 1 fully saturated rings. The topological polar surface area (TPSA) is 117 Å². The molecule has 1 aromatic carbocycles. The van der Waals surface area contributed by atoms with Gasteiger partial charge in [-0.3, -0.25) is 19.6 Å². The maximum atomic E-state index is 12.7. The van der Waals surface area contributed by atoms with Gasteiger partial charge in [0.15, 0.2) is 0 Å². The molecule has 0 unspecified atom stereocenters. The van der Waals surface area contributed by atoms with E-state index in [0.29, 0.717) is 12.2 Å². The lowest BCUT2D eigenvalue weighted by molar-refractivity contribution is -0.117. The zero-order valence-corrected chi connectivity index (χ0v) is 17.6. The molecule has 0 bridgehead atoms. The van der Waals surface area contributed by atoms with Crippen molar-refractivity contribution in [3.63, 3.8) is 0 Å². The normalized spacial score (nSPS) is 16.2. The summed E-state index contributed by atoms with van der Waals surface area (Å²) in [5.41, 5.74) is 4.28. The van der Waals surface area contributed by atoms with Crippen LogP contribution < -0.4 is 20.9 Å². The summed E-state index contributed by atoms with van der Waals surface area (Å²) in [5, 5.41) is 12.4. The second-order valence-electron chi connectivity index (χ2n) is 8.03. The Hall–Kier alpha value is -3.95. The fourth-order valence-electron chi connectivity index (χ4n) is 3.92. The van der Waals surface area contributed by atoms with Crippen LogP contribution in [0.25, 0.3) is 11.3 Å². The summed E-state index contributed by atoms with van der Waals surface area (Å²) >= 11 is 0. The number of nitrogens with zero attached hydrogens (tertiary/aromatic N) is 5. The molecule has 2 aromatic heterocycles. The van der Waals surface area contributed by atoms with Crippen LogP contribution in [-0.4, -0.2) is 45.6 Å². The van der Waals surface area contributed by atoms with E-state index in [1.807, 2.05) is 43.8 Å². The van der Waals surface area contributed by atoms with Crippen LogP contribution in [0.1, 0.15) is 32.9 Å². The third kappa shape index (κ3) is 3.53. The van der Waals surface area contributed by atoms with Crippen LogP contribution in [0.5, 0.6) is 0 Å². The molecule has 1 aliphatic heterocycles. The number of carbonyl (C=O) groups excluding carboxylic acids is 2. The van der Waals surface area contributed by atoms with Crippen molar-refractivity contribution < 1.29 is 13.7 Å². The SMILES string of the molecule is [2H]C([2H])([2H])NC(=O)c1cnc(NC(=O)C2CC2)nc1Nc1cccc2c1N(C)Cc1cn(C)nc1-2. The first-order valence-corrected chi connectivity index (χ1v) is 10.2. The van der Waals surface area contributed by atoms with Crippen molar-refractivity contribution in [2.24, 2.45) is 13.0 Å². The quantitative estimate of drug-likeness (QED) is 0.563. The van der Waals surface area contributed by atoms with Crippen molar-refractivity contribution in [2.45, 2.75) is 19.4 Å². The van der Waals surface area contributed by atoms with Crippen LogP contribution in [0, 0.1) is 5.92 Å². The number of amides is 2. The maximum absolute atomic E-state index is 12.7. The smallest absolute Gasteiger partial charge is 0.256 e. The predicted molar refractivity (Wildman–Crippen MR) is 121 cm³/mol. The second-order valence-corrected chi connectivity index (χ2v) is 8.03. The minimum Gasteiger partial charge on any atom is -0.368 e. The summed E-state index contributed by atoms with van der Waals surface area (Å²) in [6.07, 6.45) is 4.81. The van der Waals surface area contributed by atoms with Crippen molar-refractivity contribution in [2.75, 3.05) is 29.6 Å². The summed E-state index contributed by atoms with van der Waals surface area (Å²) < 4.78 is 23.9. The van der Waals surface area contributed by atoms with Crippen LogP contribution in [0.2, 0.25) is 0 Å². The molecule has 5 rings (SSSR count). The van der Waals surface area contributed by atoms with Gasteiger partial charge in [0.25, 0.3) is 5.91 Å². The van der Waals surface area contributed by atoms with Gasteiger partial charge < -0.3 is 15.5 Å². The van der Waals surface area contributed by atoms with Gasteiger partial charge in [-0.15, -0.1) is 0 Å². The van der Waals surface area contributed by atoms with E-state index < -0.39 is 12.9 Å². The highest BCUT2D eigenvalue weighted by molar-refractivity contribution is 6.01. The highest BCUT2D eigenvalue weighted by Gasteiger charge is 2.30. The maximum Gasteiger partial charge on any atom is 0.256 e. The van der Waals surface area contributed by atoms with Gasteiger partial charge in [-0.05, 0) is 18.9 Å². The summed E-state index contributed by atoms with van der Waals surface area (Å²) in [5.74, 6) is -1.01. The zero-order valence-electron chi connectivity index (χ0n) is 20.6. The number of carbonyl (C=O) groups is 2. The number of aryl methyl sites for hydroxylation is 1. The van der Waals surface area contributed by atoms with Gasteiger partial charge in [0.1, 0.15) is 11.4 Å². The summed E-state index contributed by atoms with van der Waals surface area (Å²) in [6, 6.07) is 5.66. The van der Waals surface area contributed by atoms with Gasteiger partial charge in [0.2, 0.25) is 11.9 Å². The molecule has 2 aliphatic rings. The van der Waals surface area contributed by atoms with Crippen molar-refractivity contribution >= 4 is 35.0 Å². The average Bonchev–Trinajstić information content (AvgIpc) is 3.55. The van der Waals surface area contributed by atoms with E-state index in [4.69, 9.17) is 4.11 Å². The average molecular weight is 436 g/mol. The Labute approximate surface area is 189 Å². The first kappa shape index (κ1) is 16.7. The van der Waals surface area contributed by atoms with E-state index >= 15 is 0 Å². The molecule has 2 amide bonds. The number of hydrogen-bond acceptors (Lipinski definition) is 7. The lowest BCUT2D eigenvalue weighted by atomic mass is 9.99. The number of fused-ring (bicyclic) bond motifs is 3. The molecular formula is C22H24N8O2. The molecule has 3 aromatic rings. The van der Waals surface area contributed by atoms with Gasteiger partial charge >= 0.3 is 0 Å². The highest BCUT2D eigenvalue weighted by atomic mass is 16.2. The molecule has 10 nitrogen and oxygen atoms in total. The number of anilines is 4. The Morgan fingerprint density at radius 2 is 2.09 bits per heavy atom. The fraction of sp³-hybridized carbons (Fsp3) is 0.318. The van der Waals surface area contributed by atoms with Crippen molar-refractivity contribution in [3.05, 3.63) is 41.7 Å². The van der Waals surface area contributed by atoms with Gasteiger partial charge in [-0.2, -0.15) is 10.1 Å². The number of aromatic nitrogens is 4. The first-order valence-electron chi connectivity index (χ1n) is 11.7. The number of rotatable bonds is 5. The van der Waals surface area contributed by atoms with E-state index in [-0.39, 0.29) is 29.2 Å². The fourth-order valence-corrected chi connectivity index (χ4v) is 3.92. The van der Waals surface area contributed by atoms with E-state index in [0.717, 1.165) is 35.3 Å². The van der Waals surface area contributed by atoms with E-state index in [9.17, 15) is 9.59 Å². The molecule has 1 aliphatic carbocycles. The van der Waals surface area contributed by atoms with Crippen molar-refractivity contribution in [1.29, 1.82) is 0 Å². The molecule has 1 saturated carbocycles. The molecule has 0 atom stereocenters. The standard InChI is InChI=1S/C22H24N8O2/c1-23-21(32)15-9-24-22(27-20(31)12-7-8-12)26-19(15)25-16-6-4-5-14-17-13(11-30(3)28-17)10-29(2)18(14)16/h4-6,9,11-12H,7-8,10H2,1-3H3,(H,23,32)(H2,24,25,26,27,31)/i1D3. The van der Waals surface area contributed by atoms with Crippen LogP contribution in [0.4, 0.5) is 23.1 Å². The Morgan fingerprint density at radius 1 is 1.25 bits per heavy atom. The molecule has 3 N–H and O–H groups in total. The monoisotopic (exact) mass is 435 g/mol. The van der Waals surface area contributed by atoms with Crippen LogP contribution in [0.3, 0.4) is 0 Å². The van der Waals surface area contributed by atoms with Gasteiger partial charge in [-0.1, -0.05) is 12.1 Å². The van der Waals surface area contributed by atoms with E-state index in [1.165, 1.54) is 6.20 Å². The molecule has 0 spiro atoms. The minimum atomic E-state index is -2.69. The van der Waals surface area contributed by atoms with Crippen LogP contribution in [0.15, 0.2) is 30.6 Å². The molecule has 3 heterocycles. The minimum absolute atomic E-state index is 0.0278. The van der Waals surface area contributed by atoms with Crippen LogP contribution >= 0.6 is 0 Å². The molecule has 0 radical (unpaired) electrons. The largest absolute Gasteiger partial charge is 0.368 e. The Kier molecular flexibility index (Phi) is 3.98. The van der Waals surface area contributed by atoms with Crippen molar-refractivity contribution in [3.8, 4) is 11.3 Å². The number of nitrogens with one attached hydrogen (secondary N) is 3. The third-order valence-corrected chi connectivity index (χ3v) is 5.57. The number of benzene rings is 1. The Bertz CT molecular complexity index is 1330. The third-order valence-electron chi connectivity index (χ3n) is 5.57. The van der Waals surface area contributed by atoms with Crippen molar-refractivity contribution in [1.82, 2.24) is 25.1 Å². The molecule has 32 heavy (non-hydrogen) atoms. The lowest BCUT2D eigenvalue weighted by Gasteiger charge is -2.29. The molecule has 164 valence electrons. The highest BCUT2D eigenvalue weighted by Crippen LogP contribution is 2.43. The molecular weight excluding hydrogens is 408 g/mol. The molecule has 10 heteroatoms. The second kappa shape index (κ2) is 7.63. The number of para-hydroxylation sites is 1. The molecule has 0 saturated heterocycles. The Balaban J connectivity index is 1.54. The van der Waals surface area contributed by atoms with E-state index in [1.54, 1.807) is 4.68 Å². The zero-order chi connectivity index (χ0) is 24.9. The van der Waals surface area contributed by atoms with Gasteiger partial charge in [-0.25, -0.2) is 4.98 Å².